The second kappa shape index (κ2) is 11.0. The number of carbonyl (C=O) groups excluding carboxylic acids is 3. The summed E-state index contributed by atoms with van der Waals surface area (Å²) in [4.78, 5) is 49.0. The first-order valence-electron chi connectivity index (χ1n) is 18.3. The Kier molecular flexibility index (Phi) is 7.09. The number of carbonyl (C=O) groups is 3. The number of para-hydroxylation sites is 1. The Labute approximate surface area is 300 Å². The summed E-state index contributed by atoms with van der Waals surface area (Å²) in [5, 5.41) is 48.6. The van der Waals surface area contributed by atoms with Crippen LogP contribution in [-0.2, 0) is 30.3 Å². The number of H-pyrrole nitrogens is 1. The van der Waals surface area contributed by atoms with Crippen LogP contribution in [0.1, 0.15) is 68.6 Å². The lowest BCUT2D eigenvalue weighted by atomic mass is 9.49. The van der Waals surface area contributed by atoms with Gasteiger partial charge >= 0.3 is 0 Å². The third-order valence-electron chi connectivity index (χ3n) is 13.7. The Bertz CT molecular complexity index is 2150. The number of ketones is 2. The molecular weight excluding hydrogens is 664 g/mol. The largest absolute Gasteiger partial charge is 0.504 e. The number of benzene rings is 2. The number of phenols is 3. The summed E-state index contributed by atoms with van der Waals surface area (Å²) < 4.78 is 13.0. The highest BCUT2D eigenvalue weighted by Gasteiger charge is 2.80. The zero-order valence-corrected chi connectivity index (χ0v) is 29.7. The van der Waals surface area contributed by atoms with Crippen molar-refractivity contribution in [2.24, 2.45) is 40.9 Å². The summed E-state index contributed by atoms with van der Waals surface area (Å²) in [6.07, 6.45) is 4.36. The predicted octanol–water partition coefficient (Wildman–Crippen LogP) is 4.76. The van der Waals surface area contributed by atoms with Gasteiger partial charge in [0, 0.05) is 46.1 Å². The summed E-state index contributed by atoms with van der Waals surface area (Å²) in [7, 11) is 0. The van der Waals surface area contributed by atoms with Crippen molar-refractivity contribution >= 4 is 28.4 Å². The molecule has 11 heteroatoms. The standard InChI is InChI=1S/C41H44N2O9/c1-16-9-8-11-22-38-40(5,52-38)19(4)29-24(14-20-15-42-23-12-7-6-10-21(20)23)43-39(50)41(22,29)37(49)28-27(32(46)30(44)17(2)13-16)35-25-18(3)31(45)34(48)33(47)26(25)36(28)51-35/h6-8,10-13,15-16,19,22,24,27-30,35-36,38,42,44-45,47-48H,9,14H2,1-5H3,(H,43,50)/b11-8+,17-13-/t16?,19?,22?,24?,27?,28?,29?,30?,35-,36+,38?,40?,41?/m0/s1. The van der Waals surface area contributed by atoms with E-state index < -0.39 is 99.9 Å². The van der Waals surface area contributed by atoms with Crippen LogP contribution in [0.2, 0.25) is 0 Å². The van der Waals surface area contributed by atoms with Crippen LogP contribution in [0.5, 0.6) is 17.2 Å². The third kappa shape index (κ3) is 4.10. The van der Waals surface area contributed by atoms with Crippen LogP contribution < -0.4 is 5.32 Å². The molecule has 2 aromatic carbocycles. The van der Waals surface area contributed by atoms with Crippen molar-refractivity contribution in [2.45, 2.75) is 83.5 Å². The zero-order valence-electron chi connectivity index (χ0n) is 29.7. The van der Waals surface area contributed by atoms with Gasteiger partial charge in [-0.1, -0.05) is 50.3 Å². The van der Waals surface area contributed by atoms with E-state index in [-0.39, 0.29) is 23.0 Å². The summed E-state index contributed by atoms with van der Waals surface area (Å²) in [5.74, 6) is -7.63. The molecule has 9 rings (SSSR count). The molecule has 13 atom stereocenters. The lowest BCUT2D eigenvalue weighted by molar-refractivity contribution is -0.155. The molecule has 11 nitrogen and oxygen atoms in total. The minimum atomic E-state index is -1.70. The molecule has 1 aromatic heterocycles. The van der Waals surface area contributed by atoms with Gasteiger partial charge in [-0.05, 0) is 68.2 Å². The van der Waals surface area contributed by atoms with E-state index in [4.69, 9.17) is 9.47 Å². The van der Waals surface area contributed by atoms with Gasteiger partial charge < -0.3 is 40.2 Å². The molecule has 0 radical (unpaired) electrons. The molecule has 272 valence electrons. The van der Waals surface area contributed by atoms with Crippen LogP contribution in [0.25, 0.3) is 10.9 Å². The second-order valence-corrected chi connectivity index (χ2v) is 16.3. The van der Waals surface area contributed by atoms with E-state index in [0.29, 0.717) is 24.0 Å². The highest BCUT2D eigenvalue weighted by atomic mass is 16.6. The van der Waals surface area contributed by atoms with Crippen LogP contribution in [0, 0.1) is 47.8 Å². The fraction of sp³-hybridized carbons (Fsp3) is 0.488. The fourth-order valence-electron chi connectivity index (χ4n) is 11.1. The number of fused-ring (bicyclic) bond motifs is 11. The van der Waals surface area contributed by atoms with Gasteiger partial charge in [-0.2, -0.15) is 0 Å². The van der Waals surface area contributed by atoms with Gasteiger partial charge in [0.15, 0.2) is 23.1 Å². The molecule has 6 aliphatic rings. The quantitative estimate of drug-likeness (QED) is 0.0947. The van der Waals surface area contributed by atoms with E-state index in [1.54, 1.807) is 13.8 Å². The summed E-state index contributed by atoms with van der Waals surface area (Å²) in [6, 6.07) is 7.47. The number of Topliss-reactive ketones (excluding diaryl/α,β-unsaturated/α-hetero) is 2. The summed E-state index contributed by atoms with van der Waals surface area (Å²) in [6.45, 7) is 9.29. The van der Waals surface area contributed by atoms with Gasteiger partial charge in [0.1, 0.15) is 11.5 Å². The topological polar surface area (TPSA) is 182 Å². The first-order chi connectivity index (χ1) is 24.7. The maximum Gasteiger partial charge on any atom is 0.235 e. The molecular formula is C41H44N2O9. The second-order valence-electron chi connectivity index (χ2n) is 16.3. The SMILES string of the molecule is C/C1=C/C(C)C/C=C/C2C3OC3(C)C(C)C3C(Cc4c[nH]c5ccccc45)NC(=O)C23C(=O)C2C(C(=O)C1O)[C@H]1O[C@@H]2c2c(O)c(O)c(O)c(C)c21. The van der Waals surface area contributed by atoms with E-state index in [9.17, 15) is 25.2 Å². The zero-order chi connectivity index (χ0) is 36.8. The van der Waals surface area contributed by atoms with E-state index in [2.05, 4.69) is 10.3 Å². The van der Waals surface area contributed by atoms with Crippen LogP contribution in [-0.4, -0.2) is 66.7 Å². The Morgan fingerprint density at radius 3 is 2.46 bits per heavy atom. The molecule has 1 saturated carbocycles. The van der Waals surface area contributed by atoms with Crippen molar-refractivity contribution in [3.63, 3.8) is 0 Å². The Hall–Kier alpha value is -4.45. The molecule has 3 saturated heterocycles. The smallest absolute Gasteiger partial charge is 0.235 e. The van der Waals surface area contributed by atoms with Crippen molar-refractivity contribution in [1.82, 2.24) is 10.3 Å². The first-order valence-corrected chi connectivity index (χ1v) is 18.3. The molecule has 6 N–H and O–H groups in total. The van der Waals surface area contributed by atoms with Crippen molar-refractivity contribution in [2.75, 3.05) is 0 Å². The van der Waals surface area contributed by atoms with Gasteiger partial charge in [-0.15, -0.1) is 0 Å². The molecule has 52 heavy (non-hydrogen) atoms. The average molecular weight is 709 g/mol. The van der Waals surface area contributed by atoms with Crippen molar-refractivity contribution in [3.8, 4) is 17.2 Å². The van der Waals surface area contributed by atoms with Gasteiger partial charge in [0.05, 0.1) is 35.7 Å². The predicted molar refractivity (Wildman–Crippen MR) is 188 cm³/mol. The van der Waals surface area contributed by atoms with Crippen molar-refractivity contribution in [1.29, 1.82) is 0 Å². The van der Waals surface area contributed by atoms with Gasteiger partial charge in [0.25, 0.3) is 0 Å². The lowest BCUT2D eigenvalue weighted by Gasteiger charge is -2.48. The van der Waals surface area contributed by atoms with Crippen LogP contribution in [0.15, 0.2) is 54.3 Å². The summed E-state index contributed by atoms with van der Waals surface area (Å²) >= 11 is 0. The van der Waals surface area contributed by atoms with E-state index in [1.165, 1.54) is 0 Å². The van der Waals surface area contributed by atoms with Crippen LogP contribution in [0.3, 0.4) is 0 Å². The first kappa shape index (κ1) is 33.4. The van der Waals surface area contributed by atoms with E-state index in [0.717, 1.165) is 16.5 Å². The van der Waals surface area contributed by atoms with Gasteiger partial charge in [-0.3, -0.25) is 14.4 Å². The number of epoxide rings is 1. The maximum atomic E-state index is 16.0. The Morgan fingerprint density at radius 1 is 0.962 bits per heavy atom. The fourth-order valence-corrected chi connectivity index (χ4v) is 11.1. The third-order valence-corrected chi connectivity index (χ3v) is 13.7. The molecule has 2 aliphatic carbocycles. The number of hydrogen-bond donors (Lipinski definition) is 6. The molecule has 1 spiro atoms. The summed E-state index contributed by atoms with van der Waals surface area (Å²) in [5.41, 5.74) is 0.723. The molecule has 5 heterocycles. The monoisotopic (exact) mass is 708 g/mol. The van der Waals surface area contributed by atoms with Crippen LogP contribution >= 0.6 is 0 Å². The average Bonchev–Trinajstić information content (AvgIpc) is 3.48. The number of amides is 1. The highest BCUT2D eigenvalue weighted by Crippen LogP contribution is 2.70. The molecule has 4 aliphatic heterocycles. The van der Waals surface area contributed by atoms with Crippen LogP contribution in [0.4, 0.5) is 0 Å². The normalized spacial score (nSPS) is 42.1. The van der Waals surface area contributed by atoms with E-state index in [1.807, 2.05) is 69.5 Å². The molecule has 1 amide bonds. The van der Waals surface area contributed by atoms with Gasteiger partial charge in [0.2, 0.25) is 11.7 Å². The number of aromatic hydroxyl groups is 3. The molecule has 2 bridgehead atoms. The molecule has 11 unspecified atom stereocenters. The minimum absolute atomic E-state index is 0.0742. The van der Waals surface area contributed by atoms with E-state index >= 15 is 9.59 Å². The highest BCUT2D eigenvalue weighted by molar-refractivity contribution is 6.12. The lowest BCUT2D eigenvalue weighted by Crippen LogP contribution is -2.61. The number of aromatic nitrogens is 1. The number of aliphatic hydroxyl groups is 1. The molecule has 3 aromatic rings. The number of aromatic amines is 1. The van der Waals surface area contributed by atoms with Crippen molar-refractivity contribution in [3.05, 3.63) is 76.5 Å². The Morgan fingerprint density at radius 2 is 1.69 bits per heavy atom. The van der Waals surface area contributed by atoms with Crippen molar-refractivity contribution < 1.29 is 44.3 Å². The number of hydrogen-bond acceptors (Lipinski definition) is 9. The minimum Gasteiger partial charge on any atom is -0.504 e. The van der Waals surface area contributed by atoms with Gasteiger partial charge in [-0.25, -0.2) is 0 Å². The number of ether oxygens (including phenoxy) is 2. The number of allylic oxidation sites excluding steroid dienone is 2. The molecule has 4 fully saturated rings. The number of phenolic OH excluding ortho intramolecular Hbond substituents is 3. The Balaban J connectivity index is 1.26. The number of nitrogens with one attached hydrogen (secondary N) is 2. The maximum absolute atomic E-state index is 16.0. The number of rotatable bonds is 2. The number of aliphatic hydroxyl groups excluding tert-OH is 1.